The highest BCUT2D eigenvalue weighted by Gasteiger charge is 2.16. The zero-order chi connectivity index (χ0) is 18.0. The SMILES string of the molecule is CCOc1ccc(-c2ccc(-c3ccc(Br)cc3F)cc2)c(F)c1F. The predicted octanol–water partition coefficient (Wildman–Crippen LogP) is 6.60. The summed E-state index contributed by atoms with van der Waals surface area (Å²) < 4.78 is 48.0. The van der Waals surface area contributed by atoms with Crippen LogP contribution in [0, 0.1) is 17.5 Å². The summed E-state index contributed by atoms with van der Waals surface area (Å²) in [5, 5.41) is 0. The molecule has 1 nitrogen and oxygen atoms in total. The van der Waals surface area contributed by atoms with E-state index >= 15 is 0 Å². The number of benzene rings is 3. The van der Waals surface area contributed by atoms with Crippen molar-refractivity contribution in [2.24, 2.45) is 0 Å². The minimum absolute atomic E-state index is 0.114. The summed E-state index contributed by atoms with van der Waals surface area (Å²) in [4.78, 5) is 0. The van der Waals surface area contributed by atoms with E-state index in [-0.39, 0.29) is 23.7 Å². The number of rotatable bonds is 4. The molecule has 0 radical (unpaired) electrons. The molecule has 5 heteroatoms. The van der Waals surface area contributed by atoms with Crippen molar-refractivity contribution in [1.29, 1.82) is 0 Å². The first-order valence-electron chi connectivity index (χ1n) is 7.68. The van der Waals surface area contributed by atoms with E-state index in [4.69, 9.17) is 4.74 Å². The molecule has 3 aromatic carbocycles. The average Bonchev–Trinajstić information content (AvgIpc) is 2.60. The third-order valence-electron chi connectivity index (χ3n) is 3.78. The minimum Gasteiger partial charge on any atom is -0.491 e. The van der Waals surface area contributed by atoms with Crippen molar-refractivity contribution >= 4 is 15.9 Å². The van der Waals surface area contributed by atoms with Crippen LogP contribution in [0.3, 0.4) is 0 Å². The van der Waals surface area contributed by atoms with Crippen molar-refractivity contribution < 1.29 is 17.9 Å². The van der Waals surface area contributed by atoms with Crippen molar-refractivity contribution in [3.63, 3.8) is 0 Å². The minimum atomic E-state index is -1.01. The zero-order valence-electron chi connectivity index (χ0n) is 13.3. The largest absolute Gasteiger partial charge is 0.491 e. The fourth-order valence-electron chi connectivity index (χ4n) is 2.57. The van der Waals surface area contributed by atoms with Gasteiger partial charge in [0, 0.05) is 15.6 Å². The number of hydrogen-bond acceptors (Lipinski definition) is 1. The van der Waals surface area contributed by atoms with Crippen LogP contribution in [0.25, 0.3) is 22.3 Å². The molecule has 0 amide bonds. The fourth-order valence-corrected chi connectivity index (χ4v) is 2.91. The first-order valence-corrected chi connectivity index (χ1v) is 8.47. The quantitative estimate of drug-likeness (QED) is 0.474. The molecule has 0 bridgehead atoms. The molecule has 0 aliphatic rings. The maximum Gasteiger partial charge on any atom is 0.201 e. The Kier molecular flexibility index (Phi) is 5.13. The summed E-state index contributed by atoms with van der Waals surface area (Å²) in [5.74, 6) is -2.45. The van der Waals surface area contributed by atoms with Gasteiger partial charge in [-0.2, -0.15) is 4.39 Å². The summed E-state index contributed by atoms with van der Waals surface area (Å²) >= 11 is 3.22. The third kappa shape index (κ3) is 3.56. The maximum absolute atomic E-state index is 14.3. The third-order valence-corrected chi connectivity index (χ3v) is 4.28. The van der Waals surface area contributed by atoms with Gasteiger partial charge in [0.15, 0.2) is 11.6 Å². The molecule has 0 spiro atoms. The van der Waals surface area contributed by atoms with Gasteiger partial charge in [-0.15, -0.1) is 0 Å². The monoisotopic (exact) mass is 406 g/mol. The van der Waals surface area contributed by atoms with Crippen LogP contribution in [0.2, 0.25) is 0 Å². The predicted molar refractivity (Wildman–Crippen MR) is 96.1 cm³/mol. The van der Waals surface area contributed by atoms with Gasteiger partial charge in [-0.25, -0.2) is 8.78 Å². The van der Waals surface area contributed by atoms with Crippen LogP contribution in [0.4, 0.5) is 13.2 Å². The summed E-state index contributed by atoms with van der Waals surface area (Å²) in [7, 11) is 0. The van der Waals surface area contributed by atoms with Crippen LogP contribution in [-0.4, -0.2) is 6.61 Å². The summed E-state index contributed by atoms with van der Waals surface area (Å²) in [6, 6.07) is 14.3. The Balaban J connectivity index is 1.96. The smallest absolute Gasteiger partial charge is 0.201 e. The van der Waals surface area contributed by atoms with Gasteiger partial charge in [-0.1, -0.05) is 46.3 Å². The molecule has 3 aromatic rings. The van der Waals surface area contributed by atoms with Crippen molar-refractivity contribution in [3.05, 3.63) is 76.5 Å². The maximum atomic E-state index is 14.3. The lowest BCUT2D eigenvalue weighted by Gasteiger charge is -2.10. The van der Waals surface area contributed by atoms with E-state index in [2.05, 4.69) is 15.9 Å². The lowest BCUT2D eigenvalue weighted by Crippen LogP contribution is -1.98. The molecular formula is C20H14BrF3O. The van der Waals surface area contributed by atoms with Gasteiger partial charge in [0.25, 0.3) is 0 Å². The Bertz CT molecular complexity index is 908. The van der Waals surface area contributed by atoms with Crippen LogP contribution < -0.4 is 4.74 Å². The van der Waals surface area contributed by atoms with E-state index in [1.54, 1.807) is 43.3 Å². The first-order chi connectivity index (χ1) is 12.0. The second-order valence-electron chi connectivity index (χ2n) is 5.37. The molecule has 0 aliphatic carbocycles. The number of halogens is 4. The molecule has 0 heterocycles. The van der Waals surface area contributed by atoms with E-state index in [0.29, 0.717) is 21.2 Å². The molecule has 0 fully saturated rings. The van der Waals surface area contributed by atoms with E-state index in [9.17, 15) is 13.2 Å². The van der Waals surface area contributed by atoms with Crippen molar-refractivity contribution in [2.75, 3.05) is 6.61 Å². The van der Waals surface area contributed by atoms with Crippen LogP contribution in [0.15, 0.2) is 59.1 Å². The Morgan fingerprint density at radius 3 is 2.00 bits per heavy atom. The molecule has 0 atom stereocenters. The molecule has 0 N–H and O–H groups in total. The highest BCUT2D eigenvalue weighted by molar-refractivity contribution is 9.10. The van der Waals surface area contributed by atoms with Gasteiger partial charge in [0.05, 0.1) is 6.61 Å². The van der Waals surface area contributed by atoms with Crippen molar-refractivity contribution in [2.45, 2.75) is 6.92 Å². The Labute approximate surface area is 152 Å². The highest BCUT2D eigenvalue weighted by Crippen LogP contribution is 2.32. The summed E-state index contributed by atoms with van der Waals surface area (Å²) in [6.07, 6.45) is 0. The highest BCUT2D eigenvalue weighted by atomic mass is 79.9. The van der Waals surface area contributed by atoms with Crippen LogP contribution in [0.5, 0.6) is 5.75 Å². The Morgan fingerprint density at radius 1 is 0.800 bits per heavy atom. The second kappa shape index (κ2) is 7.31. The molecule has 25 heavy (non-hydrogen) atoms. The molecule has 0 aromatic heterocycles. The van der Waals surface area contributed by atoms with Gasteiger partial charge in [0.2, 0.25) is 5.82 Å². The normalized spacial score (nSPS) is 10.8. The van der Waals surface area contributed by atoms with Crippen molar-refractivity contribution in [1.82, 2.24) is 0 Å². The summed E-state index contributed by atoms with van der Waals surface area (Å²) in [5.41, 5.74) is 1.72. The first kappa shape index (κ1) is 17.5. The molecule has 0 saturated carbocycles. The molecule has 0 saturated heterocycles. The topological polar surface area (TPSA) is 9.23 Å². The second-order valence-corrected chi connectivity index (χ2v) is 6.29. The average molecular weight is 407 g/mol. The van der Waals surface area contributed by atoms with Crippen molar-refractivity contribution in [3.8, 4) is 28.0 Å². The Morgan fingerprint density at radius 2 is 1.40 bits per heavy atom. The van der Waals surface area contributed by atoms with Crippen LogP contribution in [0.1, 0.15) is 6.92 Å². The van der Waals surface area contributed by atoms with E-state index < -0.39 is 11.6 Å². The van der Waals surface area contributed by atoms with Crippen LogP contribution in [-0.2, 0) is 0 Å². The fraction of sp³-hybridized carbons (Fsp3) is 0.100. The van der Waals surface area contributed by atoms with Gasteiger partial charge in [-0.05, 0) is 42.3 Å². The lowest BCUT2D eigenvalue weighted by molar-refractivity contribution is 0.314. The lowest BCUT2D eigenvalue weighted by atomic mass is 9.99. The van der Waals surface area contributed by atoms with Gasteiger partial charge < -0.3 is 4.74 Å². The number of ether oxygens (including phenoxy) is 1. The van der Waals surface area contributed by atoms with E-state index in [1.807, 2.05) is 0 Å². The molecule has 0 unspecified atom stereocenters. The summed E-state index contributed by atoms with van der Waals surface area (Å²) in [6.45, 7) is 1.95. The molecule has 0 aliphatic heterocycles. The van der Waals surface area contributed by atoms with E-state index in [0.717, 1.165) is 0 Å². The van der Waals surface area contributed by atoms with Gasteiger partial charge >= 0.3 is 0 Å². The zero-order valence-corrected chi connectivity index (χ0v) is 14.9. The standard InChI is InChI=1S/C20H14BrF3O/c1-2-25-18-10-9-16(19(23)20(18)24)13-5-3-12(4-6-13)15-8-7-14(21)11-17(15)22/h3-11H,2H2,1H3. The van der Waals surface area contributed by atoms with Gasteiger partial charge in [0.1, 0.15) is 5.82 Å². The van der Waals surface area contributed by atoms with E-state index in [1.165, 1.54) is 18.2 Å². The van der Waals surface area contributed by atoms with Crippen LogP contribution >= 0.6 is 15.9 Å². The molecular weight excluding hydrogens is 393 g/mol. The van der Waals surface area contributed by atoms with Gasteiger partial charge in [-0.3, -0.25) is 0 Å². The number of hydrogen-bond donors (Lipinski definition) is 0. The Hall–Kier alpha value is -2.27. The molecule has 128 valence electrons. The molecule has 3 rings (SSSR count).